The van der Waals surface area contributed by atoms with E-state index in [0.29, 0.717) is 63.1 Å². The standard InChI is InChI=1S/C20H15FN4O5.C20H16N4O4S.C16H15N5O4/c1-29-12-3-2-10-8-25(17(26)13(10)5-12)9-20(18(27)23-19(28)24-20)16-6-14-15(30-16)4-11(21)7-22-14;1-28-13-3-2-11-9-24(17(25)14(11)7-13)10-20(18(26)22-19(27)23-20)16-6-12-8-21-5-4-15(12)29-16;1-25-10-3-2-9-7-21(13(22)11(9)6-10)8-16(12-4-5-17-20-12)14(23)18-15(24)19-16/h2-7H,8-9H2,1H3,(H2,23,24,27,28);2-8H,9-10H2,1H3,(H2,22,23,26,27);2-6H,7-8H2,1H3,(H,17,20)(H2,18,19,23,24)/t2*20-;16-/m000/s1. The van der Waals surface area contributed by atoms with Gasteiger partial charge in [-0.05, 0) is 71.3 Å². The molecule has 6 aliphatic rings. The van der Waals surface area contributed by atoms with E-state index in [1.54, 1.807) is 72.9 Å². The number of hydrogen-bond acceptors (Lipinski definition) is 17. The molecule has 26 nitrogen and oxygen atoms in total. The first-order chi connectivity index (χ1) is 40.4. The molecule has 0 radical (unpaired) electrons. The minimum Gasteiger partial charge on any atom is -0.497 e. The zero-order chi connectivity index (χ0) is 58.8. The molecular weight excluding hydrogens is 1110 g/mol. The molecule has 3 atom stereocenters. The van der Waals surface area contributed by atoms with E-state index in [1.165, 1.54) is 47.6 Å². The van der Waals surface area contributed by atoms with Crippen LogP contribution in [0.2, 0.25) is 0 Å². The van der Waals surface area contributed by atoms with Crippen LogP contribution in [0.25, 0.3) is 21.2 Å². The van der Waals surface area contributed by atoms with Gasteiger partial charge < -0.3 is 49.3 Å². The maximum Gasteiger partial charge on any atom is 0.322 e. The Balaban J connectivity index is 0.000000125. The number of rotatable bonds is 12. The molecule has 14 rings (SSSR count). The Labute approximate surface area is 477 Å². The normalized spacial score (nSPS) is 21.0. The number of pyridine rings is 2. The van der Waals surface area contributed by atoms with E-state index in [0.717, 1.165) is 39.0 Å². The molecule has 84 heavy (non-hydrogen) atoms. The number of urea groups is 3. The number of nitrogens with one attached hydrogen (secondary N) is 7. The summed E-state index contributed by atoms with van der Waals surface area (Å²) in [7, 11) is 4.58. The molecule has 3 fully saturated rings. The average molecular weight is 1160 g/mol. The number of aromatic nitrogens is 4. The zero-order valence-electron chi connectivity index (χ0n) is 44.4. The van der Waals surface area contributed by atoms with E-state index in [2.05, 4.69) is 52.1 Å². The second kappa shape index (κ2) is 20.6. The van der Waals surface area contributed by atoms with Crippen molar-refractivity contribution in [1.82, 2.24) is 66.8 Å². The summed E-state index contributed by atoms with van der Waals surface area (Å²) in [6, 6.07) is 21.8. The Morgan fingerprint density at radius 2 is 1.06 bits per heavy atom. The molecule has 0 aliphatic carbocycles. The van der Waals surface area contributed by atoms with Gasteiger partial charge in [0.1, 0.15) is 34.3 Å². The lowest BCUT2D eigenvalue weighted by molar-refractivity contribution is -0.126. The van der Waals surface area contributed by atoms with Gasteiger partial charge in [-0.2, -0.15) is 5.10 Å². The fourth-order valence-electron chi connectivity index (χ4n) is 10.9. The van der Waals surface area contributed by atoms with Crippen LogP contribution in [0.5, 0.6) is 17.2 Å². The second-order valence-electron chi connectivity index (χ2n) is 20.1. The summed E-state index contributed by atoms with van der Waals surface area (Å²) in [6.45, 7) is 0.787. The monoisotopic (exact) mass is 1160 g/mol. The maximum absolute atomic E-state index is 13.5. The predicted octanol–water partition coefficient (Wildman–Crippen LogP) is 3.77. The first-order valence-electron chi connectivity index (χ1n) is 25.6. The lowest BCUT2D eigenvalue weighted by Gasteiger charge is -2.30. The van der Waals surface area contributed by atoms with Gasteiger partial charge in [0.2, 0.25) is 0 Å². The molecule has 7 N–H and O–H groups in total. The van der Waals surface area contributed by atoms with Crippen molar-refractivity contribution in [3.63, 3.8) is 0 Å². The minimum atomic E-state index is -1.67. The number of furan rings is 1. The predicted molar refractivity (Wildman–Crippen MR) is 290 cm³/mol. The topological polar surface area (TPSA) is 331 Å². The van der Waals surface area contributed by atoms with Crippen LogP contribution in [0.15, 0.2) is 114 Å². The highest BCUT2D eigenvalue weighted by Crippen LogP contribution is 2.39. The summed E-state index contributed by atoms with van der Waals surface area (Å²) in [5.74, 6) is -1.22. The summed E-state index contributed by atoms with van der Waals surface area (Å²) in [6.07, 6.45) is 5.90. The number of benzene rings is 3. The summed E-state index contributed by atoms with van der Waals surface area (Å²) >= 11 is 1.40. The average Bonchev–Trinajstić information content (AvgIpc) is 3.62. The third-order valence-electron chi connectivity index (χ3n) is 15.2. The number of carbonyl (C=O) groups excluding carboxylic acids is 9. The smallest absolute Gasteiger partial charge is 0.322 e. The number of hydrogen-bond donors (Lipinski definition) is 7. The number of amides is 12. The fourth-order valence-corrected chi connectivity index (χ4v) is 12.1. The van der Waals surface area contributed by atoms with E-state index in [9.17, 15) is 47.5 Å². The van der Waals surface area contributed by atoms with Crippen LogP contribution < -0.4 is 46.1 Å². The number of H-pyrrole nitrogens is 1. The molecule has 426 valence electrons. The van der Waals surface area contributed by atoms with Gasteiger partial charge in [-0.1, -0.05) is 18.2 Å². The van der Waals surface area contributed by atoms with Crippen LogP contribution in [0.1, 0.15) is 64.1 Å². The van der Waals surface area contributed by atoms with Crippen LogP contribution >= 0.6 is 11.3 Å². The highest BCUT2D eigenvalue weighted by atomic mass is 32.1. The molecule has 8 aromatic rings. The van der Waals surface area contributed by atoms with Crippen molar-refractivity contribution < 1.29 is 66.2 Å². The maximum atomic E-state index is 13.5. The highest BCUT2D eigenvalue weighted by Gasteiger charge is 2.55. The minimum absolute atomic E-state index is 0.0113. The van der Waals surface area contributed by atoms with Crippen molar-refractivity contribution in [2.45, 2.75) is 36.3 Å². The molecule has 12 amide bonds. The quantitative estimate of drug-likeness (QED) is 0.0856. The number of ether oxygens (including phenoxy) is 3. The summed E-state index contributed by atoms with van der Waals surface area (Å²) in [5, 5.41) is 22.1. The highest BCUT2D eigenvalue weighted by molar-refractivity contribution is 7.19. The number of methoxy groups -OCH3 is 3. The molecule has 3 aromatic carbocycles. The molecule has 0 saturated carbocycles. The summed E-state index contributed by atoms with van der Waals surface area (Å²) in [4.78, 5) is 126. The van der Waals surface area contributed by atoms with Crippen LogP contribution in [0, 0.1) is 5.82 Å². The molecule has 11 heterocycles. The van der Waals surface area contributed by atoms with Gasteiger partial charge in [0.05, 0.1) is 52.9 Å². The number of aromatic amines is 1. The van der Waals surface area contributed by atoms with Crippen molar-refractivity contribution in [3.8, 4) is 17.2 Å². The van der Waals surface area contributed by atoms with Crippen molar-refractivity contribution in [2.75, 3.05) is 41.0 Å². The van der Waals surface area contributed by atoms with E-state index in [1.807, 2.05) is 24.3 Å². The van der Waals surface area contributed by atoms with Gasteiger partial charge in [-0.25, -0.2) is 23.8 Å². The van der Waals surface area contributed by atoms with Crippen molar-refractivity contribution >= 4 is 86.1 Å². The van der Waals surface area contributed by atoms with Gasteiger partial charge in [-0.15, -0.1) is 11.3 Å². The number of halogens is 1. The summed E-state index contributed by atoms with van der Waals surface area (Å²) in [5.41, 5.74) is 0.460. The number of fused-ring (bicyclic) bond motifs is 5. The molecule has 0 spiro atoms. The van der Waals surface area contributed by atoms with Crippen LogP contribution in [-0.2, 0) is 50.6 Å². The Morgan fingerprint density at radius 3 is 1.52 bits per heavy atom. The van der Waals surface area contributed by atoms with Gasteiger partial charge in [0.15, 0.2) is 22.2 Å². The van der Waals surface area contributed by atoms with Gasteiger partial charge in [0.25, 0.3) is 35.4 Å². The zero-order valence-corrected chi connectivity index (χ0v) is 45.2. The number of imide groups is 3. The Morgan fingerprint density at radius 1 is 0.571 bits per heavy atom. The third-order valence-corrected chi connectivity index (χ3v) is 16.4. The van der Waals surface area contributed by atoms with E-state index in [4.69, 9.17) is 18.6 Å². The molecule has 5 aromatic heterocycles. The Kier molecular flexibility index (Phi) is 13.2. The van der Waals surface area contributed by atoms with Crippen LogP contribution in [0.4, 0.5) is 18.8 Å². The first kappa shape index (κ1) is 53.9. The number of nitrogens with zero attached hydrogens (tertiary/aromatic N) is 6. The third kappa shape index (κ3) is 9.22. The largest absolute Gasteiger partial charge is 0.497 e. The van der Waals surface area contributed by atoms with Crippen LogP contribution in [-0.4, -0.2) is 129 Å². The molecule has 0 unspecified atom stereocenters. The lowest BCUT2D eigenvalue weighted by Crippen LogP contribution is -2.53. The SMILES string of the molecule is COc1ccc2c(c1)C(=O)N(C[C@@]1(c3cc4cnccc4s3)NC(=O)NC1=O)C2.COc1ccc2c(c1)C(=O)N(C[C@@]1(c3cc4ncc(F)cc4o3)NC(=O)NC1=O)C2.COc1ccc2c(c1)C(=O)N(C[C@@]1(c3ccn[nH]3)NC(=O)NC1=O)C2. The lowest BCUT2D eigenvalue weighted by atomic mass is 9.94. The van der Waals surface area contributed by atoms with E-state index in [-0.39, 0.29) is 55.2 Å². The Hall–Kier alpha value is -10.8. The molecule has 6 aliphatic heterocycles. The number of thiophene rings is 1. The molecule has 28 heteroatoms. The van der Waals surface area contributed by atoms with Crippen molar-refractivity contribution in [3.05, 3.63) is 165 Å². The number of carbonyl (C=O) groups is 9. The van der Waals surface area contributed by atoms with Crippen molar-refractivity contribution in [1.29, 1.82) is 0 Å². The molecule has 0 bridgehead atoms. The van der Waals surface area contributed by atoms with Crippen LogP contribution in [0.3, 0.4) is 0 Å². The van der Waals surface area contributed by atoms with Crippen molar-refractivity contribution in [2.24, 2.45) is 0 Å². The second-order valence-corrected chi connectivity index (χ2v) is 21.2. The van der Waals surface area contributed by atoms with E-state index < -0.39 is 58.2 Å². The molecule has 3 saturated heterocycles. The Bertz CT molecular complexity index is 4100. The fraction of sp³-hybridized carbons (Fsp3) is 0.214. The summed E-state index contributed by atoms with van der Waals surface area (Å²) < 4.78 is 35.7. The molecular formula is C56H46FN13O13S. The van der Waals surface area contributed by atoms with Gasteiger partial charge >= 0.3 is 18.1 Å². The van der Waals surface area contributed by atoms with E-state index >= 15 is 0 Å². The van der Waals surface area contributed by atoms with Gasteiger partial charge in [0, 0.05) is 82.0 Å². The van der Waals surface area contributed by atoms with Gasteiger partial charge in [-0.3, -0.25) is 54.8 Å². The first-order valence-corrected chi connectivity index (χ1v) is 26.4.